The largest absolute Gasteiger partial charge is 0.387 e. The average molecular weight is 223 g/mol. The molecule has 0 radical (unpaired) electrons. The van der Waals surface area contributed by atoms with Gasteiger partial charge in [-0.1, -0.05) is 24.1 Å². The molecule has 2 nitrogen and oxygen atoms in total. The minimum Gasteiger partial charge on any atom is -0.387 e. The molecule has 0 aliphatic heterocycles. The summed E-state index contributed by atoms with van der Waals surface area (Å²) < 4.78 is 0. The Balaban J connectivity index is 0.000000148. The molecule has 2 heteroatoms. The van der Waals surface area contributed by atoms with Gasteiger partial charge in [0.2, 0.25) is 0 Å². The zero-order valence-corrected chi connectivity index (χ0v) is 9.59. The van der Waals surface area contributed by atoms with Crippen molar-refractivity contribution in [3.05, 3.63) is 53.9 Å². The van der Waals surface area contributed by atoms with Crippen LogP contribution in [0.1, 0.15) is 24.3 Å². The van der Waals surface area contributed by atoms with Gasteiger partial charge < -0.3 is 5.11 Å². The summed E-state index contributed by atoms with van der Waals surface area (Å²) in [7, 11) is 0. The van der Waals surface area contributed by atoms with E-state index >= 15 is 0 Å². The lowest BCUT2D eigenvalue weighted by atomic mass is 10.1. The first-order valence-corrected chi connectivity index (χ1v) is 5.42. The van der Waals surface area contributed by atoms with Crippen molar-refractivity contribution in [3.63, 3.8) is 0 Å². The van der Waals surface area contributed by atoms with Gasteiger partial charge in [-0.2, -0.15) is 0 Å². The number of benzene rings is 1. The quantitative estimate of drug-likeness (QED) is 0.643. The summed E-state index contributed by atoms with van der Waals surface area (Å²) in [4.78, 5) is 3.96. The van der Waals surface area contributed by atoms with Gasteiger partial charge in [0.05, 0.1) is 11.8 Å². The lowest BCUT2D eigenvalue weighted by molar-refractivity contribution is 0.194. The van der Waals surface area contributed by atoms with Gasteiger partial charge in [-0.05, 0) is 36.2 Å². The van der Waals surface area contributed by atoms with Gasteiger partial charge in [-0.3, -0.25) is 4.98 Å². The minimum atomic E-state index is -0.595. The molecule has 1 atom stereocenters. The second-order valence-electron chi connectivity index (χ2n) is 3.84. The van der Waals surface area contributed by atoms with Gasteiger partial charge in [0.15, 0.2) is 0 Å². The van der Waals surface area contributed by atoms with Gasteiger partial charge >= 0.3 is 0 Å². The van der Waals surface area contributed by atoms with Crippen LogP contribution in [0.15, 0.2) is 42.6 Å². The highest BCUT2D eigenvalue weighted by Gasteiger charge is 2.07. The molecule has 1 aromatic heterocycles. The van der Waals surface area contributed by atoms with E-state index in [4.69, 9.17) is 6.42 Å². The second kappa shape index (κ2) is 4.82. The van der Waals surface area contributed by atoms with E-state index in [1.807, 2.05) is 0 Å². The summed E-state index contributed by atoms with van der Waals surface area (Å²) in [6.45, 7) is 1.64. The van der Waals surface area contributed by atoms with Gasteiger partial charge in [-0.15, -0.1) is 6.42 Å². The Bertz CT molecular complexity index is 550. The number of fused-ring (bicyclic) bond motifs is 1. The number of hydrogen-bond donors (Lipinski definition) is 1. The second-order valence-corrected chi connectivity index (χ2v) is 3.84. The Hall–Kier alpha value is -2.11. The van der Waals surface area contributed by atoms with E-state index in [0.717, 1.165) is 0 Å². The van der Waals surface area contributed by atoms with Crippen LogP contribution in [-0.2, 0) is 0 Å². The van der Waals surface area contributed by atoms with Crippen molar-refractivity contribution in [2.45, 2.75) is 13.0 Å². The summed E-state index contributed by atoms with van der Waals surface area (Å²) in [5, 5.41) is 9.18. The molecule has 0 spiro atoms. The van der Waals surface area contributed by atoms with Crippen LogP contribution < -0.4 is 0 Å². The zero-order valence-electron chi connectivity index (χ0n) is 9.59. The fourth-order valence-electron chi connectivity index (χ4n) is 1.55. The Morgan fingerprint density at radius 2 is 1.94 bits per heavy atom. The maximum Gasteiger partial charge on any atom is 0.0944 e. The van der Waals surface area contributed by atoms with Crippen LogP contribution in [0.4, 0.5) is 0 Å². The summed E-state index contributed by atoms with van der Waals surface area (Å²) in [6, 6.07) is 12.0. The number of hydrogen-bond acceptors (Lipinski definition) is 2. The maximum atomic E-state index is 9.18. The molecule has 17 heavy (non-hydrogen) atoms. The molecule has 0 bridgehead atoms. The first-order valence-electron chi connectivity index (χ1n) is 5.42. The highest BCUT2D eigenvalue weighted by atomic mass is 16.3. The molecule has 0 aromatic carbocycles. The fourth-order valence-corrected chi connectivity index (χ4v) is 1.55. The van der Waals surface area contributed by atoms with E-state index in [-0.39, 0.29) is 0 Å². The molecule has 0 fully saturated rings. The van der Waals surface area contributed by atoms with Crippen LogP contribution in [0.5, 0.6) is 0 Å². The van der Waals surface area contributed by atoms with Crippen LogP contribution in [0.2, 0.25) is 0 Å². The molecular weight excluding hydrogens is 210 g/mol. The summed E-state index contributed by atoms with van der Waals surface area (Å²) in [5.74, 6) is 2.45. The fraction of sp³-hybridized carbons (Fsp3) is 0.133. The van der Waals surface area contributed by atoms with Crippen LogP contribution in [0.25, 0.3) is 11.1 Å². The third kappa shape index (κ3) is 2.72. The molecular formula is C15H13NO. The van der Waals surface area contributed by atoms with E-state index in [2.05, 4.69) is 35.2 Å². The molecule has 0 amide bonds. The topological polar surface area (TPSA) is 33.1 Å². The first-order chi connectivity index (χ1) is 8.22. The number of aliphatic hydroxyl groups excluding tert-OH is 1. The number of pyridine rings is 1. The van der Waals surface area contributed by atoms with Crippen LogP contribution in [0, 0.1) is 12.3 Å². The van der Waals surface area contributed by atoms with E-state index in [0.29, 0.717) is 11.3 Å². The molecule has 1 unspecified atom stereocenters. The molecule has 1 heterocycles. The third-order valence-electron chi connectivity index (χ3n) is 2.50. The maximum absolute atomic E-state index is 9.18. The van der Waals surface area contributed by atoms with E-state index < -0.39 is 6.10 Å². The summed E-state index contributed by atoms with van der Waals surface area (Å²) >= 11 is 0. The van der Waals surface area contributed by atoms with Crippen molar-refractivity contribution in [2.24, 2.45) is 0 Å². The predicted octanol–water partition coefficient (Wildman–Crippen LogP) is 2.78. The van der Waals surface area contributed by atoms with Crippen LogP contribution in [0.3, 0.4) is 0 Å². The number of terminal acetylenes is 1. The Morgan fingerprint density at radius 1 is 1.24 bits per heavy atom. The smallest absolute Gasteiger partial charge is 0.0944 e. The number of nitrogens with zero attached hydrogens (tertiary/aromatic N) is 1. The molecule has 84 valence electrons. The average Bonchev–Trinajstić information content (AvgIpc) is 2.96. The van der Waals surface area contributed by atoms with Crippen molar-refractivity contribution in [1.29, 1.82) is 0 Å². The molecule has 0 saturated carbocycles. The molecule has 2 aliphatic rings. The summed E-state index contributed by atoms with van der Waals surface area (Å²) in [5.41, 5.74) is 4.07. The monoisotopic (exact) mass is 223 g/mol. The highest BCUT2D eigenvalue weighted by molar-refractivity contribution is 5.80. The van der Waals surface area contributed by atoms with Gasteiger partial charge in [0, 0.05) is 11.8 Å². The van der Waals surface area contributed by atoms with Crippen LogP contribution >= 0.6 is 0 Å². The Morgan fingerprint density at radius 3 is 2.29 bits per heavy atom. The predicted molar refractivity (Wildman–Crippen MR) is 68.2 cm³/mol. The first kappa shape index (κ1) is 11.4. The number of aliphatic hydroxyl groups is 1. The molecule has 1 aromatic rings. The van der Waals surface area contributed by atoms with Gasteiger partial charge in [0.25, 0.3) is 0 Å². The standard InChI is InChI=1S/C9H9NO.C6H4/c1-3-8-5-4-6-10-9(8)7(2)11;1-2-5-4-6(5)3-1/h1,4-7,11H,2H3;1-4H. The van der Waals surface area contributed by atoms with Crippen molar-refractivity contribution >= 4 is 0 Å². The van der Waals surface area contributed by atoms with E-state index in [1.54, 1.807) is 25.3 Å². The minimum absolute atomic E-state index is 0.565. The number of aromatic nitrogens is 1. The lowest BCUT2D eigenvalue weighted by Gasteiger charge is -2.04. The normalized spacial score (nSPS) is 11.8. The van der Waals surface area contributed by atoms with Crippen molar-refractivity contribution in [3.8, 4) is 23.5 Å². The van der Waals surface area contributed by atoms with Gasteiger partial charge in [-0.25, -0.2) is 0 Å². The van der Waals surface area contributed by atoms with Crippen molar-refractivity contribution in [2.75, 3.05) is 0 Å². The lowest BCUT2D eigenvalue weighted by Crippen LogP contribution is -1.98. The van der Waals surface area contributed by atoms with E-state index in [9.17, 15) is 5.11 Å². The molecule has 0 saturated heterocycles. The summed E-state index contributed by atoms with van der Waals surface area (Å²) in [6.07, 6.45) is 6.21. The van der Waals surface area contributed by atoms with Crippen molar-refractivity contribution in [1.82, 2.24) is 4.98 Å². The zero-order chi connectivity index (χ0) is 12.3. The van der Waals surface area contributed by atoms with Crippen LogP contribution in [-0.4, -0.2) is 10.1 Å². The molecule has 1 N–H and O–H groups in total. The van der Waals surface area contributed by atoms with Crippen molar-refractivity contribution < 1.29 is 5.11 Å². The Kier molecular flexibility index (Phi) is 3.22. The molecule has 3 rings (SSSR count). The highest BCUT2D eigenvalue weighted by Crippen LogP contribution is 2.32. The third-order valence-corrected chi connectivity index (χ3v) is 2.50. The number of rotatable bonds is 1. The molecule has 2 aliphatic carbocycles. The Labute approximate surface area is 101 Å². The van der Waals surface area contributed by atoms with E-state index in [1.165, 1.54) is 11.1 Å². The van der Waals surface area contributed by atoms with Gasteiger partial charge in [0.1, 0.15) is 0 Å². The SMILES string of the molecule is C#Cc1cccnc1C(C)O.c1cc2cc-2c1.